The van der Waals surface area contributed by atoms with Gasteiger partial charge in [0.2, 0.25) is 5.91 Å². The lowest BCUT2D eigenvalue weighted by Gasteiger charge is -2.25. The Morgan fingerprint density at radius 3 is 2.60 bits per heavy atom. The van der Waals surface area contributed by atoms with Crippen molar-refractivity contribution in [1.82, 2.24) is 0 Å². The number of amides is 1. The Labute approximate surface area is 117 Å². The molecule has 0 bridgehead atoms. The second-order valence-electron chi connectivity index (χ2n) is 4.75. The molecule has 0 unspecified atom stereocenters. The maximum Gasteiger partial charge on any atom is 0.219 e. The summed E-state index contributed by atoms with van der Waals surface area (Å²) in [5.74, 6) is 0.526. The van der Waals surface area contributed by atoms with Crippen LogP contribution in [0.3, 0.4) is 0 Å². The minimum Gasteiger partial charge on any atom is -0.487 e. The quantitative estimate of drug-likeness (QED) is 0.931. The van der Waals surface area contributed by atoms with E-state index in [0.29, 0.717) is 19.6 Å². The summed E-state index contributed by atoms with van der Waals surface area (Å²) < 4.78 is 5.85. The monoisotopic (exact) mass is 268 g/mol. The van der Waals surface area contributed by atoms with E-state index in [2.05, 4.69) is 4.90 Å². The molecule has 0 spiro atoms. The number of nitrogens with two attached hydrogens (primary N) is 1. The Morgan fingerprint density at radius 1 is 1.10 bits per heavy atom. The van der Waals surface area contributed by atoms with E-state index in [9.17, 15) is 4.79 Å². The lowest BCUT2D eigenvalue weighted by atomic mass is 10.1. The fraction of sp³-hybridized carbons (Fsp3) is 0.188. The molecule has 3 rings (SSSR count). The van der Waals surface area contributed by atoms with E-state index in [1.165, 1.54) is 0 Å². The lowest BCUT2D eigenvalue weighted by molar-refractivity contribution is -0.117. The van der Waals surface area contributed by atoms with Crippen molar-refractivity contribution in [1.29, 1.82) is 0 Å². The van der Waals surface area contributed by atoms with E-state index in [4.69, 9.17) is 10.5 Å². The summed E-state index contributed by atoms with van der Waals surface area (Å²) in [6, 6.07) is 15.9. The third-order valence-corrected chi connectivity index (χ3v) is 3.40. The van der Waals surface area contributed by atoms with E-state index in [0.717, 1.165) is 22.7 Å². The van der Waals surface area contributed by atoms with Crippen LogP contribution in [0, 0.1) is 0 Å². The van der Waals surface area contributed by atoms with Crippen molar-refractivity contribution in [3.8, 4) is 5.75 Å². The molecule has 2 aromatic carbocycles. The number of para-hydroxylation sites is 3. The van der Waals surface area contributed by atoms with Gasteiger partial charge < -0.3 is 15.4 Å². The van der Waals surface area contributed by atoms with Gasteiger partial charge in [0.15, 0.2) is 0 Å². The van der Waals surface area contributed by atoms with Gasteiger partial charge in [0.1, 0.15) is 12.4 Å². The minimum atomic E-state index is -0.301. The molecule has 2 aromatic rings. The van der Waals surface area contributed by atoms with Gasteiger partial charge in [-0.05, 0) is 18.2 Å². The molecule has 4 nitrogen and oxygen atoms in total. The van der Waals surface area contributed by atoms with Crippen molar-refractivity contribution in [3.05, 3.63) is 54.1 Å². The molecule has 0 saturated heterocycles. The predicted molar refractivity (Wildman–Crippen MR) is 78.0 cm³/mol. The van der Waals surface area contributed by atoms with E-state index in [-0.39, 0.29) is 5.91 Å². The van der Waals surface area contributed by atoms with Crippen molar-refractivity contribution >= 4 is 17.3 Å². The minimum absolute atomic E-state index is 0.301. The van der Waals surface area contributed by atoms with Gasteiger partial charge in [-0.1, -0.05) is 30.3 Å². The number of fused-ring (bicyclic) bond motifs is 2. The van der Waals surface area contributed by atoms with Crippen molar-refractivity contribution in [2.45, 2.75) is 13.0 Å². The summed E-state index contributed by atoms with van der Waals surface area (Å²) in [6.45, 7) is 1.08. The van der Waals surface area contributed by atoms with Crippen LogP contribution in [0.2, 0.25) is 0 Å². The number of hydrogen-bond donors (Lipinski definition) is 1. The summed E-state index contributed by atoms with van der Waals surface area (Å²) in [5.41, 5.74) is 8.44. The average Bonchev–Trinajstić information content (AvgIpc) is 2.62. The van der Waals surface area contributed by atoms with Crippen LogP contribution >= 0.6 is 0 Å². The summed E-state index contributed by atoms with van der Waals surface area (Å²) in [6.07, 6.45) is 0.308. The third-order valence-electron chi connectivity index (χ3n) is 3.40. The molecule has 20 heavy (non-hydrogen) atoms. The Hall–Kier alpha value is -2.49. The molecule has 0 saturated carbocycles. The molecule has 1 heterocycles. The first kappa shape index (κ1) is 12.5. The average molecular weight is 268 g/mol. The summed E-state index contributed by atoms with van der Waals surface area (Å²) in [5, 5.41) is 0. The van der Waals surface area contributed by atoms with Gasteiger partial charge in [-0.25, -0.2) is 0 Å². The SMILES string of the molecule is NC(=O)CCN1c2ccccc2COc2ccccc21. The first-order valence-corrected chi connectivity index (χ1v) is 6.61. The largest absolute Gasteiger partial charge is 0.487 e. The van der Waals surface area contributed by atoms with E-state index >= 15 is 0 Å². The third kappa shape index (κ3) is 2.32. The molecule has 2 N–H and O–H groups in total. The van der Waals surface area contributed by atoms with Gasteiger partial charge >= 0.3 is 0 Å². The predicted octanol–water partition coefficient (Wildman–Crippen LogP) is 2.59. The highest BCUT2D eigenvalue weighted by Crippen LogP contribution is 2.39. The van der Waals surface area contributed by atoms with E-state index < -0.39 is 0 Å². The molecule has 0 radical (unpaired) electrons. The van der Waals surface area contributed by atoms with Gasteiger partial charge in [0, 0.05) is 24.2 Å². The fourth-order valence-corrected chi connectivity index (χ4v) is 2.45. The number of rotatable bonds is 3. The molecule has 102 valence electrons. The van der Waals surface area contributed by atoms with Gasteiger partial charge in [0.05, 0.1) is 5.69 Å². The van der Waals surface area contributed by atoms with Gasteiger partial charge in [0.25, 0.3) is 0 Å². The summed E-state index contributed by atoms with van der Waals surface area (Å²) in [4.78, 5) is 13.2. The Kier molecular flexibility index (Phi) is 3.29. The first-order valence-electron chi connectivity index (χ1n) is 6.61. The zero-order chi connectivity index (χ0) is 13.9. The molecule has 1 aliphatic rings. The molecule has 1 amide bonds. The maximum absolute atomic E-state index is 11.1. The standard InChI is InChI=1S/C16H16N2O2/c17-16(19)9-10-18-13-6-2-1-5-12(13)11-20-15-8-4-3-7-14(15)18/h1-8H,9-11H2,(H2,17,19). The molecular weight excluding hydrogens is 252 g/mol. The number of ether oxygens (including phenoxy) is 1. The highest BCUT2D eigenvalue weighted by Gasteiger charge is 2.21. The van der Waals surface area contributed by atoms with Gasteiger partial charge in [-0.3, -0.25) is 4.79 Å². The number of nitrogens with zero attached hydrogens (tertiary/aromatic N) is 1. The number of benzene rings is 2. The first-order chi connectivity index (χ1) is 9.75. The van der Waals surface area contributed by atoms with Crippen molar-refractivity contribution < 1.29 is 9.53 Å². The highest BCUT2D eigenvalue weighted by atomic mass is 16.5. The van der Waals surface area contributed by atoms with Crippen LogP contribution in [0.4, 0.5) is 11.4 Å². The number of primary amides is 1. The molecule has 4 heteroatoms. The van der Waals surface area contributed by atoms with E-state index in [1.54, 1.807) is 0 Å². The van der Waals surface area contributed by atoms with Gasteiger partial charge in [-0.2, -0.15) is 0 Å². The number of anilines is 2. The molecule has 1 aliphatic heterocycles. The molecule has 0 atom stereocenters. The van der Waals surface area contributed by atoms with Crippen LogP contribution in [-0.4, -0.2) is 12.5 Å². The smallest absolute Gasteiger partial charge is 0.219 e. The van der Waals surface area contributed by atoms with Crippen molar-refractivity contribution in [2.75, 3.05) is 11.4 Å². The van der Waals surface area contributed by atoms with Crippen molar-refractivity contribution in [2.24, 2.45) is 5.73 Å². The van der Waals surface area contributed by atoms with Gasteiger partial charge in [-0.15, -0.1) is 0 Å². The second-order valence-corrected chi connectivity index (χ2v) is 4.75. The summed E-state index contributed by atoms with van der Waals surface area (Å²) in [7, 11) is 0. The molecular formula is C16H16N2O2. The Bertz CT molecular complexity index is 592. The zero-order valence-corrected chi connectivity index (χ0v) is 11.1. The van der Waals surface area contributed by atoms with Crippen LogP contribution in [0.25, 0.3) is 0 Å². The maximum atomic E-state index is 11.1. The highest BCUT2D eigenvalue weighted by molar-refractivity contribution is 5.77. The molecule has 0 aromatic heterocycles. The van der Waals surface area contributed by atoms with Crippen LogP contribution in [0.15, 0.2) is 48.5 Å². The van der Waals surface area contributed by atoms with E-state index in [1.807, 2.05) is 48.5 Å². The van der Waals surface area contributed by atoms with Crippen LogP contribution in [0.5, 0.6) is 5.75 Å². The number of hydrogen-bond acceptors (Lipinski definition) is 3. The fourth-order valence-electron chi connectivity index (χ4n) is 2.45. The van der Waals surface area contributed by atoms with Crippen LogP contribution in [0.1, 0.15) is 12.0 Å². The van der Waals surface area contributed by atoms with Crippen LogP contribution < -0.4 is 15.4 Å². The number of carbonyl (C=O) groups excluding carboxylic acids is 1. The molecule has 0 aliphatic carbocycles. The second kappa shape index (κ2) is 5.25. The topological polar surface area (TPSA) is 55.6 Å². The number of carbonyl (C=O) groups is 1. The molecule has 0 fully saturated rings. The Morgan fingerprint density at radius 2 is 1.80 bits per heavy atom. The zero-order valence-electron chi connectivity index (χ0n) is 11.1. The normalized spacial score (nSPS) is 12.9. The van der Waals surface area contributed by atoms with Crippen LogP contribution in [-0.2, 0) is 11.4 Å². The lowest BCUT2D eigenvalue weighted by Crippen LogP contribution is -2.24. The van der Waals surface area contributed by atoms with Crippen molar-refractivity contribution in [3.63, 3.8) is 0 Å². The Balaban J connectivity index is 2.06. The summed E-state index contributed by atoms with van der Waals surface area (Å²) >= 11 is 0.